The van der Waals surface area contributed by atoms with Crippen molar-refractivity contribution in [3.63, 3.8) is 0 Å². The van der Waals surface area contributed by atoms with Crippen molar-refractivity contribution < 1.29 is 17.9 Å². The average molecular weight is 228 g/mol. The van der Waals surface area contributed by atoms with Crippen molar-refractivity contribution in [2.45, 2.75) is 11.5 Å². The molecule has 1 aromatic heterocycles. The lowest BCUT2D eigenvalue weighted by Crippen LogP contribution is -2.12. The molecule has 0 amide bonds. The summed E-state index contributed by atoms with van der Waals surface area (Å²) in [6, 6.07) is 4.41. The van der Waals surface area contributed by atoms with E-state index < -0.39 is 16.6 Å². The van der Waals surface area contributed by atoms with Crippen LogP contribution in [0.1, 0.15) is 5.89 Å². The van der Waals surface area contributed by atoms with Crippen LogP contribution in [0.3, 0.4) is 0 Å². The highest BCUT2D eigenvalue weighted by Gasteiger charge is 2.16. The van der Waals surface area contributed by atoms with Gasteiger partial charge in [0.2, 0.25) is 15.9 Å². The lowest BCUT2D eigenvalue weighted by Gasteiger charge is -1.96. The molecule has 0 atom stereocenters. The molecule has 0 unspecified atom stereocenters. The Balaban J connectivity index is 2.81. The van der Waals surface area contributed by atoms with Crippen molar-refractivity contribution in [1.29, 1.82) is 0 Å². The second-order valence-electron chi connectivity index (χ2n) is 2.92. The van der Waals surface area contributed by atoms with Crippen LogP contribution in [0.4, 0.5) is 0 Å². The molecular weight excluding hydrogens is 220 g/mol. The maximum atomic E-state index is 11.2. The Labute approximate surface area is 85.4 Å². The van der Waals surface area contributed by atoms with E-state index in [4.69, 9.17) is 14.7 Å². The van der Waals surface area contributed by atoms with Gasteiger partial charge in [0.05, 0.1) is 0 Å². The number of aliphatic hydroxyl groups is 1. The first kappa shape index (κ1) is 10.1. The molecule has 15 heavy (non-hydrogen) atoms. The molecule has 3 N–H and O–H groups in total. The molecule has 0 saturated heterocycles. The Morgan fingerprint density at radius 1 is 1.47 bits per heavy atom. The molecule has 6 nitrogen and oxygen atoms in total. The molecule has 1 aromatic carbocycles. The number of fused-ring (bicyclic) bond motifs is 1. The molecule has 80 valence electrons. The largest absolute Gasteiger partial charge is 0.437 e. The smallest absolute Gasteiger partial charge is 0.241 e. The van der Waals surface area contributed by atoms with Gasteiger partial charge in [-0.15, -0.1) is 0 Å². The van der Waals surface area contributed by atoms with Gasteiger partial charge in [0.15, 0.2) is 5.58 Å². The van der Waals surface area contributed by atoms with Crippen LogP contribution in [-0.2, 0) is 16.6 Å². The summed E-state index contributed by atoms with van der Waals surface area (Å²) in [6.45, 7) is -0.390. The first-order valence-corrected chi connectivity index (χ1v) is 5.59. The highest BCUT2D eigenvalue weighted by atomic mass is 32.2. The lowest BCUT2D eigenvalue weighted by atomic mass is 10.3. The summed E-state index contributed by atoms with van der Waals surface area (Å²) in [4.78, 5) is 3.74. The summed E-state index contributed by atoms with van der Waals surface area (Å²) in [6.07, 6.45) is 0. The van der Waals surface area contributed by atoms with Crippen molar-refractivity contribution >= 4 is 21.1 Å². The van der Waals surface area contributed by atoms with E-state index in [0.29, 0.717) is 5.52 Å². The van der Waals surface area contributed by atoms with Crippen LogP contribution in [0.25, 0.3) is 11.1 Å². The quantitative estimate of drug-likeness (QED) is 0.750. The predicted octanol–water partition coefficient (Wildman–Crippen LogP) is -0.0325. The summed E-state index contributed by atoms with van der Waals surface area (Å²) in [5.74, 6) is 0.0566. The van der Waals surface area contributed by atoms with Gasteiger partial charge >= 0.3 is 0 Å². The van der Waals surface area contributed by atoms with Gasteiger partial charge in [-0.1, -0.05) is 6.07 Å². The zero-order valence-corrected chi connectivity index (χ0v) is 8.36. The van der Waals surface area contributed by atoms with Gasteiger partial charge in [0, 0.05) is 0 Å². The van der Waals surface area contributed by atoms with E-state index in [1.54, 1.807) is 6.07 Å². The summed E-state index contributed by atoms with van der Waals surface area (Å²) < 4.78 is 27.4. The molecule has 0 aliphatic heterocycles. The number of hydrogen-bond donors (Lipinski definition) is 2. The normalized spacial score (nSPS) is 12.1. The van der Waals surface area contributed by atoms with E-state index in [-0.39, 0.29) is 16.4 Å². The Morgan fingerprint density at radius 3 is 2.80 bits per heavy atom. The maximum Gasteiger partial charge on any atom is 0.241 e. The van der Waals surface area contributed by atoms with E-state index in [9.17, 15) is 8.42 Å². The van der Waals surface area contributed by atoms with Crippen LogP contribution >= 0.6 is 0 Å². The number of aliphatic hydroxyl groups excluding tert-OH is 1. The van der Waals surface area contributed by atoms with Gasteiger partial charge in [-0.05, 0) is 12.1 Å². The monoisotopic (exact) mass is 228 g/mol. The molecule has 0 radical (unpaired) electrons. The van der Waals surface area contributed by atoms with Gasteiger partial charge in [-0.25, -0.2) is 18.5 Å². The molecule has 7 heteroatoms. The fourth-order valence-electron chi connectivity index (χ4n) is 1.26. The Morgan fingerprint density at radius 2 is 2.20 bits per heavy atom. The highest BCUT2D eigenvalue weighted by molar-refractivity contribution is 7.89. The van der Waals surface area contributed by atoms with Crippen molar-refractivity contribution in [3.8, 4) is 0 Å². The van der Waals surface area contributed by atoms with Crippen LogP contribution in [0.2, 0.25) is 0 Å². The van der Waals surface area contributed by atoms with Crippen molar-refractivity contribution in [2.75, 3.05) is 0 Å². The summed E-state index contributed by atoms with van der Waals surface area (Å²) in [7, 11) is -3.84. The SMILES string of the molecule is NS(=O)(=O)c1cccc2nc(CO)oc12. The standard InChI is InChI=1S/C8H8N2O4S/c9-15(12,13)6-3-1-2-5-8(6)14-7(4-11)10-5/h1-3,11H,4H2,(H2,9,12,13). The Bertz CT molecular complexity index is 602. The minimum Gasteiger partial charge on any atom is -0.437 e. The van der Waals surface area contributed by atoms with Gasteiger partial charge in [0.1, 0.15) is 17.0 Å². The lowest BCUT2D eigenvalue weighted by molar-refractivity contribution is 0.243. The topological polar surface area (TPSA) is 106 Å². The fourth-order valence-corrected chi connectivity index (χ4v) is 1.93. The van der Waals surface area contributed by atoms with E-state index in [2.05, 4.69) is 4.98 Å². The number of nitrogens with zero attached hydrogens (tertiary/aromatic N) is 1. The third kappa shape index (κ3) is 1.72. The van der Waals surface area contributed by atoms with E-state index >= 15 is 0 Å². The number of benzene rings is 1. The number of nitrogens with two attached hydrogens (primary N) is 1. The van der Waals surface area contributed by atoms with Crippen molar-refractivity contribution in [2.24, 2.45) is 5.14 Å². The summed E-state index contributed by atoms with van der Waals surface area (Å²) in [5.41, 5.74) is 0.426. The first-order valence-electron chi connectivity index (χ1n) is 4.04. The fraction of sp³-hybridized carbons (Fsp3) is 0.125. The minimum atomic E-state index is -3.84. The van der Waals surface area contributed by atoms with Crippen LogP contribution in [0, 0.1) is 0 Å². The third-order valence-electron chi connectivity index (χ3n) is 1.86. The number of para-hydroxylation sites is 1. The number of rotatable bonds is 2. The molecular formula is C8H8N2O4S. The minimum absolute atomic E-state index is 0.0566. The second kappa shape index (κ2) is 3.30. The van der Waals surface area contributed by atoms with Gasteiger partial charge in [0.25, 0.3) is 0 Å². The van der Waals surface area contributed by atoms with Crippen LogP contribution < -0.4 is 5.14 Å². The molecule has 0 saturated carbocycles. The zero-order chi connectivity index (χ0) is 11.1. The molecule has 0 aliphatic rings. The number of sulfonamides is 1. The Hall–Kier alpha value is -1.44. The average Bonchev–Trinajstić information content (AvgIpc) is 2.57. The van der Waals surface area contributed by atoms with Gasteiger partial charge in [-0.3, -0.25) is 0 Å². The second-order valence-corrected chi connectivity index (χ2v) is 4.44. The van der Waals surface area contributed by atoms with E-state index in [0.717, 1.165) is 0 Å². The van der Waals surface area contributed by atoms with E-state index in [1.807, 2.05) is 0 Å². The number of primary sulfonamides is 1. The number of aromatic nitrogens is 1. The molecule has 0 bridgehead atoms. The summed E-state index contributed by atoms with van der Waals surface area (Å²) >= 11 is 0. The van der Waals surface area contributed by atoms with E-state index in [1.165, 1.54) is 12.1 Å². The van der Waals surface area contributed by atoms with Crippen molar-refractivity contribution in [3.05, 3.63) is 24.1 Å². The van der Waals surface area contributed by atoms with Crippen molar-refractivity contribution in [1.82, 2.24) is 4.98 Å². The highest BCUT2D eigenvalue weighted by Crippen LogP contribution is 2.22. The molecule has 2 rings (SSSR count). The Kier molecular flexibility index (Phi) is 2.22. The number of hydrogen-bond acceptors (Lipinski definition) is 5. The predicted molar refractivity (Wildman–Crippen MR) is 51.3 cm³/mol. The zero-order valence-electron chi connectivity index (χ0n) is 7.54. The van der Waals surface area contributed by atoms with Gasteiger partial charge < -0.3 is 9.52 Å². The maximum absolute atomic E-state index is 11.2. The van der Waals surface area contributed by atoms with Crippen LogP contribution in [0.5, 0.6) is 0 Å². The molecule has 1 heterocycles. The van der Waals surface area contributed by atoms with Crippen LogP contribution in [-0.4, -0.2) is 18.5 Å². The first-order chi connectivity index (χ1) is 7.02. The molecule has 2 aromatic rings. The number of oxazole rings is 1. The third-order valence-corrected chi connectivity index (χ3v) is 2.80. The summed E-state index contributed by atoms with van der Waals surface area (Å²) in [5, 5.41) is 13.8. The molecule has 0 fully saturated rings. The van der Waals surface area contributed by atoms with Crippen LogP contribution in [0.15, 0.2) is 27.5 Å². The van der Waals surface area contributed by atoms with Gasteiger partial charge in [-0.2, -0.15) is 0 Å². The molecule has 0 spiro atoms. The molecule has 0 aliphatic carbocycles.